The first-order valence-corrected chi connectivity index (χ1v) is 8.29. The summed E-state index contributed by atoms with van der Waals surface area (Å²) in [5, 5.41) is 14.3. The van der Waals surface area contributed by atoms with E-state index < -0.39 is 11.9 Å². The van der Waals surface area contributed by atoms with E-state index in [9.17, 15) is 9.59 Å². The van der Waals surface area contributed by atoms with Crippen molar-refractivity contribution in [2.45, 2.75) is 0 Å². The number of benzene rings is 2. The van der Waals surface area contributed by atoms with Gasteiger partial charge in [0.1, 0.15) is 0 Å². The fourth-order valence-corrected chi connectivity index (χ4v) is 2.33. The number of carbonyl (C=O) groups excluding carboxylic acids is 2. The zero-order chi connectivity index (χ0) is 19.2. The van der Waals surface area contributed by atoms with E-state index in [4.69, 9.17) is 11.6 Å². The van der Waals surface area contributed by atoms with Crippen molar-refractivity contribution in [2.75, 3.05) is 17.7 Å². The van der Waals surface area contributed by atoms with Crippen molar-refractivity contribution in [3.63, 3.8) is 0 Å². The third-order valence-electron chi connectivity index (χ3n) is 3.58. The first kappa shape index (κ1) is 18.3. The molecule has 136 valence electrons. The first-order chi connectivity index (χ1) is 13.0. The number of aromatic nitrogens is 2. The maximum absolute atomic E-state index is 12.3. The van der Waals surface area contributed by atoms with Gasteiger partial charge in [-0.1, -0.05) is 11.6 Å². The lowest BCUT2D eigenvalue weighted by molar-refractivity contribution is 0.0600. The molecule has 2 N–H and O–H groups in total. The highest BCUT2D eigenvalue weighted by atomic mass is 35.5. The summed E-state index contributed by atoms with van der Waals surface area (Å²) in [6.45, 7) is 0. The summed E-state index contributed by atoms with van der Waals surface area (Å²) in [6.07, 6.45) is 0. The smallest absolute Gasteiger partial charge is 0.337 e. The van der Waals surface area contributed by atoms with Crippen LogP contribution in [0.25, 0.3) is 0 Å². The molecule has 0 fully saturated rings. The van der Waals surface area contributed by atoms with Crippen molar-refractivity contribution in [2.24, 2.45) is 0 Å². The second-order valence-corrected chi connectivity index (χ2v) is 5.90. The third kappa shape index (κ3) is 4.80. The first-order valence-electron chi connectivity index (χ1n) is 7.91. The third-order valence-corrected chi connectivity index (χ3v) is 3.83. The molecule has 0 saturated heterocycles. The number of nitrogens with zero attached hydrogens (tertiary/aromatic N) is 2. The molecule has 7 nitrogen and oxygen atoms in total. The number of hydrogen-bond donors (Lipinski definition) is 2. The SMILES string of the molecule is COC(=O)c1ccc(NC(=O)c2ccc(Nc3ccc(Cl)cc3)nn2)cc1. The largest absolute Gasteiger partial charge is 0.465 e. The maximum Gasteiger partial charge on any atom is 0.337 e. The standard InChI is InChI=1S/C19H15ClN4O3/c1-27-19(26)12-2-6-15(7-3-12)22-18(25)16-10-11-17(24-23-16)21-14-8-4-13(20)5-9-14/h2-11H,1H3,(H,21,24)(H,22,25). The Balaban J connectivity index is 1.63. The van der Waals surface area contributed by atoms with Crippen molar-refractivity contribution >= 4 is 40.7 Å². The number of hydrogen-bond acceptors (Lipinski definition) is 6. The van der Waals surface area contributed by atoms with E-state index in [1.165, 1.54) is 7.11 Å². The predicted octanol–water partition coefficient (Wildman–Crippen LogP) is 3.91. The molecule has 0 radical (unpaired) electrons. The molecule has 3 aromatic rings. The molecular formula is C19H15ClN4O3. The Labute approximate surface area is 160 Å². The van der Waals surface area contributed by atoms with E-state index in [1.54, 1.807) is 48.5 Å². The number of halogens is 1. The lowest BCUT2D eigenvalue weighted by atomic mass is 10.2. The van der Waals surface area contributed by atoms with Gasteiger partial charge in [0.2, 0.25) is 0 Å². The average molecular weight is 383 g/mol. The molecule has 2 aromatic carbocycles. The van der Waals surface area contributed by atoms with Crippen LogP contribution in [0.5, 0.6) is 0 Å². The lowest BCUT2D eigenvalue weighted by Gasteiger charge is -2.07. The number of esters is 1. The summed E-state index contributed by atoms with van der Waals surface area (Å²) < 4.78 is 4.63. The summed E-state index contributed by atoms with van der Waals surface area (Å²) in [7, 11) is 1.31. The van der Waals surface area contributed by atoms with Gasteiger partial charge in [0, 0.05) is 16.4 Å². The highest BCUT2D eigenvalue weighted by Crippen LogP contribution is 2.17. The van der Waals surface area contributed by atoms with Gasteiger partial charge in [-0.2, -0.15) is 0 Å². The highest BCUT2D eigenvalue weighted by molar-refractivity contribution is 6.30. The van der Waals surface area contributed by atoms with Crippen LogP contribution in [0.15, 0.2) is 60.7 Å². The molecule has 0 saturated carbocycles. The van der Waals surface area contributed by atoms with Crippen LogP contribution in [0, 0.1) is 0 Å². The number of anilines is 3. The molecule has 0 aliphatic heterocycles. The van der Waals surface area contributed by atoms with Gasteiger partial charge in [0.05, 0.1) is 12.7 Å². The fraction of sp³-hybridized carbons (Fsp3) is 0.0526. The van der Waals surface area contributed by atoms with Crippen LogP contribution in [-0.4, -0.2) is 29.2 Å². The van der Waals surface area contributed by atoms with E-state index in [0.29, 0.717) is 22.1 Å². The molecule has 0 aliphatic carbocycles. The fourth-order valence-electron chi connectivity index (χ4n) is 2.20. The molecule has 3 rings (SSSR count). The molecular weight excluding hydrogens is 368 g/mol. The van der Waals surface area contributed by atoms with E-state index in [-0.39, 0.29) is 5.69 Å². The van der Waals surface area contributed by atoms with Gasteiger partial charge < -0.3 is 15.4 Å². The molecule has 0 spiro atoms. The Morgan fingerprint density at radius 3 is 2.15 bits per heavy atom. The van der Waals surface area contributed by atoms with Gasteiger partial charge in [0.15, 0.2) is 11.5 Å². The Kier molecular flexibility index (Phi) is 5.63. The number of carbonyl (C=O) groups is 2. The topological polar surface area (TPSA) is 93.2 Å². The van der Waals surface area contributed by atoms with Crippen molar-refractivity contribution in [3.05, 3.63) is 76.9 Å². The molecule has 1 amide bonds. The second kappa shape index (κ2) is 8.29. The van der Waals surface area contributed by atoms with Gasteiger partial charge in [-0.25, -0.2) is 4.79 Å². The number of amides is 1. The Morgan fingerprint density at radius 1 is 0.889 bits per heavy atom. The minimum absolute atomic E-state index is 0.161. The van der Waals surface area contributed by atoms with Crippen molar-refractivity contribution in [1.29, 1.82) is 0 Å². The van der Waals surface area contributed by atoms with E-state index >= 15 is 0 Å². The van der Waals surface area contributed by atoms with Crippen LogP contribution in [0.4, 0.5) is 17.2 Å². The zero-order valence-electron chi connectivity index (χ0n) is 14.3. The van der Waals surface area contributed by atoms with Crippen LogP contribution in [0.2, 0.25) is 5.02 Å². The summed E-state index contributed by atoms with van der Waals surface area (Å²) in [4.78, 5) is 23.7. The lowest BCUT2D eigenvalue weighted by Crippen LogP contribution is -2.14. The van der Waals surface area contributed by atoms with E-state index in [2.05, 4.69) is 25.6 Å². The molecule has 1 aromatic heterocycles. The van der Waals surface area contributed by atoms with Crippen LogP contribution in [0.1, 0.15) is 20.8 Å². The quantitative estimate of drug-likeness (QED) is 0.650. The van der Waals surface area contributed by atoms with Gasteiger partial charge in [-0.3, -0.25) is 4.79 Å². The molecule has 0 atom stereocenters. The van der Waals surface area contributed by atoms with Gasteiger partial charge in [-0.15, -0.1) is 10.2 Å². The summed E-state index contributed by atoms with van der Waals surface area (Å²) in [5.74, 6) is -0.356. The monoisotopic (exact) mass is 382 g/mol. The summed E-state index contributed by atoms with van der Waals surface area (Å²) in [6, 6.07) is 16.7. The van der Waals surface area contributed by atoms with E-state index in [1.807, 2.05) is 12.1 Å². The van der Waals surface area contributed by atoms with Gasteiger partial charge in [0.25, 0.3) is 5.91 Å². The molecule has 0 aliphatic rings. The summed E-state index contributed by atoms with van der Waals surface area (Å²) in [5.41, 5.74) is 1.89. The molecule has 0 bridgehead atoms. The average Bonchev–Trinajstić information content (AvgIpc) is 2.70. The number of methoxy groups -OCH3 is 1. The second-order valence-electron chi connectivity index (χ2n) is 5.46. The number of rotatable bonds is 5. The van der Waals surface area contributed by atoms with Crippen molar-refractivity contribution in [1.82, 2.24) is 10.2 Å². The minimum Gasteiger partial charge on any atom is -0.465 e. The van der Waals surface area contributed by atoms with Crippen LogP contribution < -0.4 is 10.6 Å². The van der Waals surface area contributed by atoms with Crippen LogP contribution in [0.3, 0.4) is 0 Å². The molecule has 27 heavy (non-hydrogen) atoms. The van der Waals surface area contributed by atoms with E-state index in [0.717, 1.165) is 5.69 Å². The zero-order valence-corrected chi connectivity index (χ0v) is 15.0. The van der Waals surface area contributed by atoms with Gasteiger partial charge >= 0.3 is 5.97 Å². The molecule has 1 heterocycles. The number of ether oxygens (including phenoxy) is 1. The van der Waals surface area contributed by atoms with Crippen LogP contribution in [-0.2, 0) is 4.74 Å². The maximum atomic E-state index is 12.3. The van der Waals surface area contributed by atoms with Crippen molar-refractivity contribution in [3.8, 4) is 0 Å². The highest BCUT2D eigenvalue weighted by Gasteiger charge is 2.10. The Hall–Kier alpha value is -3.45. The Morgan fingerprint density at radius 2 is 1.56 bits per heavy atom. The molecule has 8 heteroatoms. The predicted molar refractivity (Wildman–Crippen MR) is 103 cm³/mol. The van der Waals surface area contributed by atoms with Gasteiger partial charge in [-0.05, 0) is 60.7 Å². The van der Waals surface area contributed by atoms with Crippen LogP contribution >= 0.6 is 11.6 Å². The van der Waals surface area contributed by atoms with Crippen molar-refractivity contribution < 1.29 is 14.3 Å². The number of nitrogens with one attached hydrogen (secondary N) is 2. The minimum atomic E-state index is -0.442. The molecule has 0 unspecified atom stereocenters. The summed E-state index contributed by atoms with van der Waals surface area (Å²) >= 11 is 5.85. The normalized spacial score (nSPS) is 10.1. The Bertz CT molecular complexity index is 942.